The third-order valence-electron chi connectivity index (χ3n) is 2.45. The highest BCUT2D eigenvalue weighted by Crippen LogP contribution is 2.39. The number of hydrogen-bond donors (Lipinski definition) is 0. The first kappa shape index (κ1) is 7.63. The molecular formula is C8H8Cl2O. The van der Waals surface area contributed by atoms with Crippen LogP contribution in [-0.4, -0.2) is 16.5 Å². The Morgan fingerprint density at radius 3 is 2.09 bits per heavy atom. The second-order valence-electron chi connectivity index (χ2n) is 3.15. The SMILES string of the molecule is O=C1[C@@H](Cl)[C@H]2C=C[C@H](C2)[C@H]1Cl. The molecule has 0 radical (unpaired) electrons. The van der Waals surface area contributed by atoms with Crippen molar-refractivity contribution < 1.29 is 4.79 Å². The lowest BCUT2D eigenvalue weighted by Crippen LogP contribution is -2.38. The van der Waals surface area contributed by atoms with E-state index in [2.05, 4.69) is 0 Å². The molecule has 0 aromatic carbocycles. The largest absolute Gasteiger partial charge is 0.296 e. The molecular weight excluding hydrogens is 183 g/mol. The molecule has 3 heteroatoms. The molecule has 2 rings (SSSR count). The summed E-state index contributed by atoms with van der Waals surface area (Å²) in [6, 6.07) is 0. The maximum atomic E-state index is 11.3. The number of halogens is 2. The van der Waals surface area contributed by atoms with E-state index >= 15 is 0 Å². The zero-order valence-electron chi connectivity index (χ0n) is 5.84. The fourth-order valence-corrected chi connectivity index (χ4v) is 2.47. The Labute approximate surface area is 75.4 Å². The zero-order chi connectivity index (χ0) is 8.01. The number of fused-ring (bicyclic) bond motifs is 2. The number of ketones is 1. The molecule has 1 nitrogen and oxygen atoms in total. The predicted molar refractivity (Wildman–Crippen MR) is 45.0 cm³/mol. The molecule has 0 aliphatic heterocycles. The summed E-state index contributed by atoms with van der Waals surface area (Å²) in [4.78, 5) is 11.3. The van der Waals surface area contributed by atoms with Crippen LogP contribution in [0.4, 0.5) is 0 Å². The van der Waals surface area contributed by atoms with Crippen LogP contribution in [0.15, 0.2) is 12.2 Å². The molecule has 2 aliphatic rings. The number of Topliss-reactive ketones (excluding diaryl/α,β-unsaturated/α-hetero) is 1. The summed E-state index contributed by atoms with van der Waals surface area (Å²) in [5.41, 5.74) is 0. The van der Waals surface area contributed by atoms with E-state index in [0.717, 1.165) is 6.42 Å². The summed E-state index contributed by atoms with van der Waals surface area (Å²) in [6.45, 7) is 0. The maximum absolute atomic E-state index is 11.3. The highest BCUT2D eigenvalue weighted by atomic mass is 35.5. The van der Waals surface area contributed by atoms with Crippen LogP contribution in [0.5, 0.6) is 0 Å². The van der Waals surface area contributed by atoms with Gasteiger partial charge in [0.1, 0.15) is 0 Å². The third-order valence-corrected chi connectivity index (χ3v) is 3.52. The first-order valence-corrected chi connectivity index (χ1v) is 4.57. The van der Waals surface area contributed by atoms with Gasteiger partial charge in [0.25, 0.3) is 0 Å². The van der Waals surface area contributed by atoms with Crippen molar-refractivity contribution in [1.29, 1.82) is 0 Å². The smallest absolute Gasteiger partial charge is 0.169 e. The van der Waals surface area contributed by atoms with Crippen molar-refractivity contribution >= 4 is 29.0 Å². The molecule has 0 aromatic rings. The molecule has 0 spiro atoms. The van der Waals surface area contributed by atoms with Gasteiger partial charge in [-0.1, -0.05) is 12.2 Å². The molecule has 1 fully saturated rings. The van der Waals surface area contributed by atoms with Gasteiger partial charge in [-0.2, -0.15) is 0 Å². The van der Waals surface area contributed by atoms with Gasteiger partial charge in [-0.3, -0.25) is 4.79 Å². The minimum Gasteiger partial charge on any atom is -0.296 e. The summed E-state index contributed by atoms with van der Waals surface area (Å²) in [5.74, 6) is 0.480. The Balaban J connectivity index is 2.29. The molecule has 2 bridgehead atoms. The summed E-state index contributed by atoms with van der Waals surface area (Å²) < 4.78 is 0. The van der Waals surface area contributed by atoms with Crippen LogP contribution in [0.25, 0.3) is 0 Å². The third kappa shape index (κ3) is 1.02. The Morgan fingerprint density at radius 1 is 1.18 bits per heavy atom. The van der Waals surface area contributed by atoms with Crippen molar-refractivity contribution in [2.45, 2.75) is 17.2 Å². The van der Waals surface area contributed by atoms with Crippen molar-refractivity contribution in [3.8, 4) is 0 Å². The minimum atomic E-state index is -0.382. The summed E-state index contributed by atoms with van der Waals surface area (Å²) in [7, 11) is 0. The van der Waals surface area contributed by atoms with Crippen LogP contribution in [0.3, 0.4) is 0 Å². The Bertz CT molecular complexity index is 204. The lowest BCUT2D eigenvalue weighted by atomic mass is 9.86. The van der Waals surface area contributed by atoms with E-state index in [4.69, 9.17) is 23.2 Å². The maximum Gasteiger partial charge on any atom is 0.169 e. The standard InChI is InChI=1S/C8H8Cl2O/c9-6-4-1-2-5(3-4)7(10)8(6)11/h1-2,4-7H,3H2/t4-,5+,6-,7+. The van der Waals surface area contributed by atoms with Gasteiger partial charge in [0.05, 0.1) is 10.8 Å². The van der Waals surface area contributed by atoms with Crippen LogP contribution in [-0.2, 0) is 4.79 Å². The van der Waals surface area contributed by atoms with Crippen LogP contribution < -0.4 is 0 Å². The van der Waals surface area contributed by atoms with Gasteiger partial charge in [-0.15, -0.1) is 23.2 Å². The average Bonchev–Trinajstić information content (AvgIpc) is 2.44. The van der Waals surface area contributed by atoms with Gasteiger partial charge < -0.3 is 0 Å². The molecule has 60 valence electrons. The highest BCUT2D eigenvalue weighted by Gasteiger charge is 2.42. The summed E-state index contributed by atoms with van der Waals surface area (Å²) in [5, 5.41) is -0.764. The van der Waals surface area contributed by atoms with Crippen LogP contribution >= 0.6 is 23.2 Å². The van der Waals surface area contributed by atoms with Gasteiger partial charge in [-0.25, -0.2) is 0 Å². The Hall–Kier alpha value is -0.0100. The average molecular weight is 191 g/mol. The topological polar surface area (TPSA) is 17.1 Å². The van der Waals surface area contributed by atoms with E-state index in [1.165, 1.54) is 0 Å². The zero-order valence-corrected chi connectivity index (χ0v) is 7.35. The normalized spacial score (nSPS) is 48.4. The Morgan fingerprint density at radius 2 is 1.64 bits per heavy atom. The second kappa shape index (κ2) is 2.49. The first-order chi connectivity index (χ1) is 5.20. The minimum absolute atomic E-state index is 0.000386. The Kier molecular flexibility index (Phi) is 1.73. The monoisotopic (exact) mass is 190 g/mol. The van der Waals surface area contributed by atoms with E-state index in [1.807, 2.05) is 12.2 Å². The molecule has 4 atom stereocenters. The molecule has 2 aliphatic carbocycles. The van der Waals surface area contributed by atoms with Crippen molar-refractivity contribution in [1.82, 2.24) is 0 Å². The number of alkyl halides is 2. The number of carbonyl (C=O) groups excluding carboxylic acids is 1. The van der Waals surface area contributed by atoms with Gasteiger partial charge in [-0.05, 0) is 6.42 Å². The molecule has 0 N–H and O–H groups in total. The molecule has 0 unspecified atom stereocenters. The van der Waals surface area contributed by atoms with E-state index < -0.39 is 0 Å². The number of hydrogen-bond acceptors (Lipinski definition) is 1. The molecule has 0 saturated heterocycles. The highest BCUT2D eigenvalue weighted by molar-refractivity contribution is 6.41. The number of carbonyl (C=O) groups is 1. The van der Waals surface area contributed by atoms with Crippen LogP contribution in [0, 0.1) is 11.8 Å². The van der Waals surface area contributed by atoms with Crippen LogP contribution in [0.2, 0.25) is 0 Å². The number of rotatable bonds is 0. The van der Waals surface area contributed by atoms with E-state index in [9.17, 15) is 4.79 Å². The van der Waals surface area contributed by atoms with Crippen molar-refractivity contribution in [2.24, 2.45) is 11.8 Å². The van der Waals surface area contributed by atoms with Crippen LogP contribution in [0.1, 0.15) is 6.42 Å². The lowest BCUT2D eigenvalue weighted by Gasteiger charge is -2.26. The van der Waals surface area contributed by atoms with Crippen molar-refractivity contribution in [2.75, 3.05) is 0 Å². The van der Waals surface area contributed by atoms with E-state index in [0.29, 0.717) is 0 Å². The quantitative estimate of drug-likeness (QED) is 0.422. The van der Waals surface area contributed by atoms with Gasteiger partial charge >= 0.3 is 0 Å². The number of allylic oxidation sites excluding steroid dienone is 2. The van der Waals surface area contributed by atoms with Gasteiger partial charge in [0.15, 0.2) is 5.78 Å². The molecule has 11 heavy (non-hydrogen) atoms. The van der Waals surface area contributed by atoms with Crippen molar-refractivity contribution in [3.05, 3.63) is 12.2 Å². The fraction of sp³-hybridized carbons (Fsp3) is 0.625. The molecule has 0 aromatic heterocycles. The molecule has 0 amide bonds. The van der Waals surface area contributed by atoms with Gasteiger partial charge in [0.2, 0.25) is 0 Å². The summed E-state index contributed by atoms with van der Waals surface area (Å²) >= 11 is 11.7. The van der Waals surface area contributed by atoms with E-state index in [1.54, 1.807) is 0 Å². The molecule has 1 saturated carbocycles. The fourth-order valence-electron chi connectivity index (χ4n) is 1.76. The predicted octanol–water partition coefficient (Wildman–Crippen LogP) is 1.98. The second-order valence-corrected chi connectivity index (χ2v) is 4.09. The first-order valence-electron chi connectivity index (χ1n) is 3.70. The van der Waals surface area contributed by atoms with Gasteiger partial charge in [0, 0.05) is 11.8 Å². The molecule has 0 heterocycles. The lowest BCUT2D eigenvalue weighted by molar-refractivity contribution is -0.120. The summed E-state index contributed by atoms with van der Waals surface area (Å²) in [6.07, 6.45) is 4.99. The van der Waals surface area contributed by atoms with Crippen molar-refractivity contribution in [3.63, 3.8) is 0 Å². The van der Waals surface area contributed by atoms with E-state index in [-0.39, 0.29) is 28.4 Å².